The highest BCUT2D eigenvalue weighted by Gasteiger charge is 2.18. The Morgan fingerprint density at radius 1 is 1.15 bits per heavy atom. The summed E-state index contributed by atoms with van der Waals surface area (Å²) in [5.41, 5.74) is 3.30. The largest absolute Gasteiger partial charge is 0.457 e. The van der Waals surface area contributed by atoms with Gasteiger partial charge in [0.1, 0.15) is 0 Å². The number of halogens is 1. The van der Waals surface area contributed by atoms with E-state index in [2.05, 4.69) is 10.6 Å². The predicted octanol–water partition coefficient (Wildman–Crippen LogP) is 4.84. The molecule has 0 aliphatic heterocycles. The minimum Gasteiger partial charge on any atom is -0.457 e. The zero-order valence-electron chi connectivity index (χ0n) is 15.2. The van der Waals surface area contributed by atoms with Gasteiger partial charge in [0.2, 0.25) is 5.78 Å². The molecule has 0 amide bonds. The molecule has 0 N–H and O–H groups in total. The van der Waals surface area contributed by atoms with Crippen LogP contribution in [0.5, 0.6) is 0 Å². The number of rotatable bonds is 7. The lowest BCUT2D eigenvalue weighted by Crippen LogP contribution is -2.16. The number of thiophene rings is 1. The summed E-state index contributed by atoms with van der Waals surface area (Å²) in [5.74, 6) is -0.622. The molecule has 3 aromatic rings. The summed E-state index contributed by atoms with van der Waals surface area (Å²) in [5, 5.41) is 2.65. The summed E-state index contributed by atoms with van der Waals surface area (Å²) < 4.78 is 7.28. The van der Waals surface area contributed by atoms with Crippen LogP contribution in [0.4, 0.5) is 0 Å². The second kappa shape index (κ2) is 8.55. The van der Waals surface area contributed by atoms with Crippen molar-refractivity contribution in [1.29, 1.82) is 0 Å². The van der Waals surface area contributed by atoms with Crippen LogP contribution in [0.15, 0.2) is 47.8 Å². The highest BCUT2D eigenvalue weighted by atomic mass is 35.5. The first-order chi connectivity index (χ1) is 12.9. The maximum atomic E-state index is 12.5. The minimum absolute atomic E-state index is 0.113. The van der Waals surface area contributed by atoms with Gasteiger partial charge in [0, 0.05) is 26.9 Å². The van der Waals surface area contributed by atoms with Crippen LogP contribution in [-0.2, 0) is 22.5 Å². The zero-order chi connectivity index (χ0) is 19.4. The maximum absolute atomic E-state index is 12.5. The minimum atomic E-state index is -0.432. The van der Waals surface area contributed by atoms with Gasteiger partial charge in [-0.05, 0) is 49.1 Å². The number of carbonyl (C=O) groups is 2. The Labute approximate surface area is 167 Å². The number of esters is 1. The van der Waals surface area contributed by atoms with Crippen molar-refractivity contribution in [2.75, 3.05) is 6.61 Å². The number of nitrogens with zero attached hydrogens (tertiary/aromatic N) is 1. The molecular formula is C21H20ClNO3S. The zero-order valence-corrected chi connectivity index (χ0v) is 16.8. The Morgan fingerprint density at radius 3 is 2.56 bits per heavy atom. The average molecular weight is 402 g/mol. The molecule has 2 aromatic heterocycles. The standard InChI is InChI=1S/C21H20ClNO3S/c1-14-10-19(15(2)23(14)12-18-4-3-9-27-18)20(24)13-26-21(25)11-16-5-7-17(22)8-6-16/h3-10H,11-13H2,1-2H3. The maximum Gasteiger partial charge on any atom is 0.310 e. The highest BCUT2D eigenvalue weighted by molar-refractivity contribution is 7.09. The lowest BCUT2D eigenvalue weighted by molar-refractivity contribution is -0.141. The van der Waals surface area contributed by atoms with Gasteiger partial charge in [0.05, 0.1) is 13.0 Å². The molecule has 2 heterocycles. The van der Waals surface area contributed by atoms with E-state index in [-0.39, 0.29) is 18.8 Å². The number of ether oxygens (including phenoxy) is 1. The van der Waals surface area contributed by atoms with Gasteiger partial charge in [-0.3, -0.25) is 9.59 Å². The van der Waals surface area contributed by atoms with Crippen molar-refractivity contribution in [2.24, 2.45) is 0 Å². The Bertz CT molecular complexity index is 943. The van der Waals surface area contributed by atoms with Crippen LogP contribution in [-0.4, -0.2) is 22.9 Å². The molecule has 0 unspecified atom stereocenters. The van der Waals surface area contributed by atoms with Crippen LogP contribution >= 0.6 is 22.9 Å². The molecule has 1 aromatic carbocycles. The topological polar surface area (TPSA) is 48.3 Å². The van der Waals surface area contributed by atoms with E-state index in [1.165, 1.54) is 4.88 Å². The fourth-order valence-electron chi connectivity index (χ4n) is 2.93. The van der Waals surface area contributed by atoms with Crippen molar-refractivity contribution in [3.05, 3.63) is 80.3 Å². The summed E-state index contributed by atoms with van der Waals surface area (Å²) in [6, 6.07) is 12.9. The van der Waals surface area contributed by atoms with E-state index >= 15 is 0 Å². The summed E-state index contributed by atoms with van der Waals surface area (Å²) in [7, 11) is 0. The van der Waals surface area contributed by atoms with E-state index < -0.39 is 5.97 Å². The molecule has 0 atom stereocenters. The van der Waals surface area contributed by atoms with Crippen LogP contribution in [0, 0.1) is 13.8 Å². The number of hydrogen-bond donors (Lipinski definition) is 0. The third kappa shape index (κ3) is 4.87. The van der Waals surface area contributed by atoms with Crippen LogP contribution in [0.3, 0.4) is 0 Å². The van der Waals surface area contributed by atoms with Gasteiger partial charge in [0.15, 0.2) is 6.61 Å². The van der Waals surface area contributed by atoms with Crippen molar-refractivity contribution < 1.29 is 14.3 Å². The molecule has 3 rings (SSSR count). The number of hydrogen-bond acceptors (Lipinski definition) is 4. The van der Waals surface area contributed by atoms with Gasteiger partial charge in [0.25, 0.3) is 0 Å². The van der Waals surface area contributed by atoms with E-state index in [4.69, 9.17) is 16.3 Å². The van der Waals surface area contributed by atoms with Gasteiger partial charge in [-0.15, -0.1) is 11.3 Å². The molecule has 27 heavy (non-hydrogen) atoms. The molecule has 0 saturated heterocycles. The fraction of sp³-hybridized carbons (Fsp3) is 0.238. The Morgan fingerprint density at radius 2 is 1.89 bits per heavy atom. The quantitative estimate of drug-likeness (QED) is 0.420. The molecule has 0 spiro atoms. The van der Waals surface area contributed by atoms with Gasteiger partial charge in [-0.25, -0.2) is 0 Å². The van der Waals surface area contributed by atoms with E-state index in [1.54, 1.807) is 35.6 Å². The lowest BCUT2D eigenvalue weighted by Gasteiger charge is -2.08. The molecular weight excluding hydrogens is 382 g/mol. The number of carbonyl (C=O) groups excluding carboxylic acids is 2. The Balaban J connectivity index is 1.60. The van der Waals surface area contributed by atoms with Crippen molar-refractivity contribution in [1.82, 2.24) is 4.57 Å². The third-order valence-electron chi connectivity index (χ3n) is 4.39. The molecule has 0 bridgehead atoms. The molecule has 6 heteroatoms. The third-order valence-corrected chi connectivity index (χ3v) is 5.51. The number of aromatic nitrogens is 1. The number of ketones is 1. The normalized spacial score (nSPS) is 10.8. The van der Waals surface area contributed by atoms with E-state index in [1.807, 2.05) is 31.4 Å². The van der Waals surface area contributed by atoms with Crippen molar-refractivity contribution in [3.8, 4) is 0 Å². The predicted molar refractivity (Wildman–Crippen MR) is 108 cm³/mol. The second-order valence-corrected chi connectivity index (χ2v) is 7.81. The van der Waals surface area contributed by atoms with Gasteiger partial charge >= 0.3 is 5.97 Å². The van der Waals surface area contributed by atoms with Crippen LogP contribution in [0.25, 0.3) is 0 Å². The SMILES string of the molecule is Cc1cc(C(=O)COC(=O)Cc2ccc(Cl)cc2)c(C)n1Cc1cccs1. The summed E-state index contributed by atoms with van der Waals surface area (Å²) in [4.78, 5) is 25.7. The summed E-state index contributed by atoms with van der Waals surface area (Å²) in [6.45, 7) is 4.38. The Hall–Kier alpha value is -2.37. The monoisotopic (exact) mass is 401 g/mol. The second-order valence-electron chi connectivity index (χ2n) is 6.34. The highest BCUT2D eigenvalue weighted by Crippen LogP contribution is 2.20. The first-order valence-corrected chi connectivity index (χ1v) is 9.82. The van der Waals surface area contributed by atoms with Crippen molar-refractivity contribution in [3.63, 3.8) is 0 Å². The van der Waals surface area contributed by atoms with Gasteiger partial charge < -0.3 is 9.30 Å². The van der Waals surface area contributed by atoms with E-state index in [9.17, 15) is 9.59 Å². The lowest BCUT2D eigenvalue weighted by atomic mass is 10.1. The van der Waals surface area contributed by atoms with Gasteiger partial charge in [-0.1, -0.05) is 29.8 Å². The van der Waals surface area contributed by atoms with E-state index in [0.29, 0.717) is 10.6 Å². The van der Waals surface area contributed by atoms with Crippen molar-refractivity contribution in [2.45, 2.75) is 26.8 Å². The number of aryl methyl sites for hydroxylation is 1. The molecule has 0 aliphatic carbocycles. The van der Waals surface area contributed by atoms with Crippen molar-refractivity contribution >= 4 is 34.7 Å². The van der Waals surface area contributed by atoms with Crippen LogP contribution in [0.1, 0.15) is 32.2 Å². The van der Waals surface area contributed by atoms with Crippen LogP contribution < -0.4 is 0 Å². The number of benzene rings is 1. The summed E-state index contributed by atoms with van der Waals surface area (Å²) in [6.07, 6.45) is 0.113. The number of Topliss-reactive ketones (excluding diaryl/α,β-unsaturated/α-hetero) is 1. The average Bonchev–Trinajstić information content (AvgIpc) is 3.25. The Kier molecular flexibility index (Phi) is 6.14. The first-order valence-electron chi connectivity index (χ1n) is 8.56. The molecule has 0 saturated carbocycles. The molecule has 0 fully saturated rings. The smallest absolute Gasteiger partial charge is 0.310 e. The molecule has 140 valence electrons. The molecule has 0 aliphatic rings. The fourth-order valence-corrected chi connectivity index (χ4v) is 3.75. The van der Waals surface area contributed by atoms with Crippen LogP contribution in [0.2, 0.25) is 5.02 Å². The first kappa shape index (κ1) is 19.4. The summed E-state index contributed by atoms with van der Waals surface area (Å²) >= 11 is 7.52. The molecule has 0 radical (unpaired) electrons. The van der Waals surface area contributed by atoms with Gasteiger partial charge in [-0.2, -0.15) is 0 Å². The van der Waals surface area contributed by atoms with E-state index in [0.717, 1.165) is 23.5 Å². The molecule has 4 nitrogen and oxygen atoms in total.